The molecule has 0 aliphatic carbocycles. The Morgan fingerprint density at radius 1 is 1.14 bits per heavy atom. The minimum atomic E-state index is -0.726. The Bertz CT molecular complexity index is 1010. The van der Waals surface area contributed by atoms with Gasteiger partial charge in [-0.25, -0.2) is 9.18 Å². The molecule has 28 heavy (non-hydrogen) atoms. The van der Waals surface area contributed by atoms with Crippen molar-refractivity contribution >= 4 is 28.5 Å². The summed E-state index contributed by atoms with van der Waals surface area (Å²) in [6.45, 7) is 3.41. The maximum absolute atomic E-state index is 13.1. The van der Waals surface area contributed by atoms with Crippen molar-refractivity contribution < 1.29 is 27.9 Å². The zero-order valence-electron chi connectivity index (χ0n) is 15.8. The van der Waals surface area contributed by atoms with E-state index < -0.39 is 24.3 Å². The standard InChI is InChI=1S/C21H20FNO5/c1-4-23(15-7-5-14(22)6-8-15)19(24)12-27-21(25)20-13(2)17-11-16(26-3)9-10-18(17)28-20/h5-11H,4,12H2,1-3H3. The second-order valence-corrected chi connectivity index (χ2v) is 6.11. The summed E-state index contributed by atoms with van der Waals surface area (Å²) in [5, 5.41) is 0.735. The molecule has 0 radical (unpaired) electrons. The van der Waals surface area contributed by atoms with E-state index in [0.29, 0.717) is 29.1 Å². The van der Waals surface area contributed by atoms with E-state index in [4.69, 9.17) is 13.9 Å². The number of ether oxygens (including phenoxy) is 2. The normalized spacial score (nSPS) is 10.7. The van der Waals surface area contributed by atoms with Crippen molar-refractivity contribution in [1.82, 2.24) is 0 Å². The van der Waals surface area contributed by atoms with Gasteiger partial charge in [-0.3, -0.25) is 4.79 Å². The van der Waals surface area contributed by atoms with Gasteiger partial charge in [0.1, 0.15) is 17.1 Å². The van der Waals surface area contributed by atoms with Gasteiger partial charge in [-0.2, -0.15) is 0 Å². The van der Waals surface area contributed by atoms with E-state index >= 15 is 0 Å². The van der Waals surface area contributed by atoms with Gasteiger partial charge in [-0.05, 0) is 56.3 Å². The largest absolute Gasteiger partial charge is 0.497 e. The number of nitrogens with zero attached hydrogens (tertiary/aromatic N) is 1. The SMILES string of the molecule is CCN(C(=O)COC(=O)c1oc2ccc(OC)cc2c1C)c1ccc(F)cc1. The lowest BCUT2D eigenvalue weighted by Gasteiger charge is -2.20. The van der Waals surface area contributed by atoms with Crippen LogP contribution in [0, 0.1) is 12.7 Å². The van der Waals surface area contributed by atoms with Gasteiger partial charge in [-0.1, -0.05) is 0 Å². The highest BCUT2D eigenvalue weighted by atomic mass is 19.1. The Balaban J connectivity index is 1.72. The maximum Gasteiger partial charge on any atom is 0.375 e. The predicted molar refractivity (Wildman–Crippen MR) is 102 cm³/mol. The van der Waals surface area contributed by atoms with Gasteiger partial charge in [0.25, 0.3) is 5.91 Å². The fourth-order valence-electron chi connectivity index (χ4n) is 2.92. The highest BCUT2D eigenvalue weighted by Crippen LogP contribution is 2.29. The molecule has 1 amide bonds. The molecule has 3 aromatic rings. The molecule has 146 valence electrons. The molecular weight excluding hydrogens is 365 g/mol. The van der Waals surface area contributed by atoms with Gasteiger partial charge in [-0.15, -0.1) is 0 Å². The molecule has 0 unspecified atom stereocenters. The van der Waals surface area contributed by atoms with E-state index in [1.807, 2.05) is 0 Å². The van der Waals surface area contributed by atoms with Gasteiger partial charge < -0.3 is 18.8 Å². The quantitative estimate of drug-likeness (QED) is 0.598. The Morgan fingerprint density at radius 2 is 1.86 bits per heavy atom. The van der Waals surface area contributed by atoms with Crippen molar-refractivity contribution in [2.75, 3.05) is 25.2 Å². The third kappa shape index (κ3) is 3.83. The van der Waals surface area contributed by atoms with E-state index in [1.54, 1.807) is 39.2 Å². The number of fused-ring (bicyclic) bond motifs is 1. The van der Waals surface area contributed by atoms with E-state index in [1.165, 1.54) is 29.2 Å². The van der Waals surface area contributed by atoms with E-state index in [-0.39, 0.29) is 5.76 Å². The Morgan fingerprint density at radius 3 is 2.50 bits per heavy atom. The number of rotatable bonds is 6. The number of likely N-dealkylation sites (N-methyl/N-ethyl adjacent to an activating group) is 1. The zero-order chi connectivity index (χ0) is 20.3. The fourth-order valence-corrected chi connectivity index (χ4v) is 2.92. The first-order valence-corrected chi connectivity index (χ1v) is 8.74. The van der Waals surface area contributed by atoms with Crippen LogP contribution in [-0.4, -0.2) is 32.1 Å². The second kappa shape index (κ2) is 8.12. The van der Waals surface area contributed by atoms with Crippen molar-refractivity contribution in [2.24, 2.45) is 0 Å². The summed E-state index contributed by atoms with van der Waals surface area (Å²) in [6.07, 6.45) is 0. The lowest BCUT2D eigenvalue weighted by Crippen LogP contribution is -2.34. The third-order valence-electron chi connectivity index (χ3n) is 4.41. The van der Waals surface area contributed by atoms with Gasteiger partial charge >= 0.3 is 5.97 Å². The average Bonchev–Trinajstić information content (AvgIpc) is 3.04. The molecule has 0 atom stereocenters. The Hall–Kier alpha value is -3.35. The van der Waals surface area contributed by atoms with Crippen LogP contribution in [0.15, 0.2) is 46.9 Å². The fraction of sp³-hybridized carbons (Fsp3) is 0.238. The van der Waals surface area contributed by atoms with Crippen LogP contribution in [0.25, 0.3) is 11.0 Å². The molecule has 0 saturated carbocycles. The Kier molecular flexibility index (Phi) is 5.63. The van der Waals surface area contributed by atoms with Crippen molar-refractivity contribution in [3.8, 4) is 5.75 Å². The summed E-state index contributed by atoms with van der Waals surface area (Å²) < 4.78 is 29.0. The van der Waals surface area contributed by atoms with Crippen LogP contribution in [0.5, 0.6) is 5.75 Å². The van der Waals surface area contributed by atoms with Crippen molar-refractivity contribution in [3.63, 3.8) is 0 Å². The molecule has 6 nitrogen and oxygen atoms in total. The lowest BCUT2D eigenvalue weighted by molar-refractivity contribution is -0.121. The molecule has 1 heterocycles. The molecule has 0 saturated heterocycles. The minimum absolute atomic E-state index is 0.0425. The third-order valence-corrected chi connectivity index (χ3v) is 4.41. The molecule has 0 aliphatic rings. The van der Waals surface area contributed by atoms with Crippen LogP contribution in [0.4, 0.5) is 10.1 Å². The molecule has 1 aromatic heterocycles. The molecular formula is C21H20FNO5. The van der Waals surface area contributed by atoms with E-state index in [0.717, 1.165) is 5.39 Å². The monoisotopic (exact) mass is 385 g/mol. The summed E-state index contributed by atoms with van der Waals surface area (Å²) in [5.41, 5.74) is 1.66. The number of hydrogen-bond donors (Lipinski definition) is 0. The molecule has 0 fully saturated rings. The maximum atomic E-state index is 13.1. The number of aryl methyl sites for hydroxylation is 1. The van der Waals surface area contributed by atoms with Gasteiger partial charge in [0.2, 0.25) is 5.76 Å². The molecule has 0 spiro atoms. The molecule has 0 aliphatic heterocycles. The predicted octanol–water partition coefficient (Wildman–Crippen LogP) is 4.10. The molecule has 3 rings (SSSR count). The van der Waals surface area contributed by atoms with E-state index in [2.05, 4.69) is 0 Å². The van der Waals surface area contributed by atoms with Crippen LogP contribution in [0.1, 0.15) is 23.0 Å². The highest BCUT2D eigenvalue weighted by Gasteiger charge is 2.22. The van der Waals surface area contributed by atoms with Crippen LogP contribution in [0.3, 0.4) is 0 Å². The average molecular weight is 385 g/mol. The number of carbonyl (C=O) groups is 2. The second-order valence-electron chi connectivity index (χ2n) is 6.11. The summed E-state index contributed by atoms with van der Waals surface area (Å²) >= 11 is 0. The van der Waals surface area contributed by atoms with Gasteiger partial charge in [0.15, 0.2) is 6.61 Å². The first-order valence-electron chi connectivity index (χ1n) is 8.74. The molecule has 0 bridgehead atoms. The number of anilines is 1. The lowest BCUT2D eigenvalue weighted by atomic mass is 10.1. The summed E-state index contributed by atoms with van der Waals surface area (Å²) in [7, 11) is 1.55. The summed E-state index contributed by atoms with van der Waals surface area (Å²) in [6, 6.07) is 10.7. The van der Waals surface area contributed by atoms with Crippen LogP contribution < -0.4 is 9.64 Å². The number of furan rings is 1. The molecule has 0 N–H and O–H groups in total. The first kappa shape index (κ1) is 19.4. The number of hydrogen-bond acceptors (Lipinski definition) is 5. The summed E-state index contributed by atoms with van der Waals surface area (Å²) in [5.74, 6) is -0.852. The number of esters is 1. The van der Waals surface area contributed by atoms with Crippen molar-refractivity contribution in [1.29, 1.82) is 0 Å². The van der Waals surface area contributed by atoms with Crippen LogP contribution in [0.2, 0.25) is 0 Å². The number of methoxy groups -OCH3 is 1. The minimum Gasteiger partial charge on any atom is -0.497 e. The smallest absolute Gasteiger partial charge is 0.375 e. The number of benzene rings is 2. The van der Waals surface area contributed by atoms with Crippen LogP contribution >= 0.6 is 0 Å². The topological polar surface area (TPSA) is 69.0 Å². The molecule has 2 aromatic carbocycles. The van der Waals surface area contributed by atoms with Crippen molar-refractivity contribution in [3.05, 3.63) is 59.6 Å². The molecule has 7 heteroatoms. The number of halogens is 1. The summed E-state index contributed by atoms with van der Waals surface area (Å²) in [4.78, 5) is 26.3. The van der Waals surface area contributed by atoms with Gasteiger partial charge in [0.05, 0.1) is 7.11 Å². The van der Waals surface area contributed by atoms with Crippen LogP contribution in [-0.2, 0) is 9.53 Å². The van der Waals surface area contributed by atoms with Crippen molar-refractivity contribution in [2.45, 2.75) is 13.8 Å². The highest BCUT2D eigenvalue weighted by molar-refractivity contribution is 5.99. The van der Waals surface area contributed by atoms with Gasteiger partial charge in [0, 0.05) is 23.2 Å². The number of amides is 1. The zero-order valence-corrected chi connectivity index (χ0v) is 15.8. The Labute approximate surface area is 161 Å². The van der Waals surface area contributed by atoms with E-state index in [9.17, 15) is 14.0 Å². The number of carbonyl (C=O) groups excluding carboxylic acids is 2. The first-order chi connectivity index (χ1) is 13.4.